The largest absolute Gasteiger partial charge is 0.368 e. The Morgan fingerprint density at radius 3 is 2.21 bits per heavy atom. The van der Waals surface area contributed by atoms with E-state index in [-0.39, 0.29) is 18.4 Å². The van der Waals surface area contributed by atoms with E-state index in [9.17, 15) is 9.59 Å². The molecule has 0 saturated carbocycles. The van der Waals surface area contributed by atoms with Crippen LogP contribution in [0.3, 0.4) is 0 Å². The summed E-state index contributed by atoms with van der Waals surface area (Å²) in [7, 11) is 0. The molecule has 0 fully saturated rings. The van der Waals surface area contributed by atoms with Crippen molar-refractivity contribution >= 4 is 11.8 Å². The van der Waals surface area contributed by atoms with E-state index in [0.717, 1.165) is 12.8 Å². The quantitative estimate of drug-likeness (QED) is 0.661. The molecule has 2 amide bonds. The summed E-state index contributed by atoms with van der Waals surface area (Å²) < 4.78 is 0. The van der Waals surface area contributed by atoms with Gasteiger partial charge < -0.3 is 11.1 Å². The van der Waals surface area contributed by atoms with Crippen LogP contribution in [0.25, 0.3) is 0 Å². The maximum atomic E-state index is 11.6. The molecule has 0 aromatic rings. The summed E-state index contributed by atoms with van der Waals surface area (Å²) >= 11 is 0. The average molecular weight is 200 g/mol. The van der Waals surface area contributed by atoms with Crippen LogP contribution < -0.4 is 11.1 Å². The highest BCUT2D eigenvalue weighted by Gasteiger charge is 2.21. The Bertz CT molecular complexity index is 204. The highest BCUT2D eigenvalue weighted by atomic mass is 16.2. The van der Waals surface area contributed by atoms with E-state index in [2.05, 4.69) is 12.2 Å². The second-order valence-electron chi connectivity index (χ2n) is 3.58. The first-order valence-corrected chi connectivity index (χ1v) is 5.08. The molecule has 2 atom stereocenters. The fourth-order valence-electron chi connectivity index (χ4n) is 1.44. The van der Waals surface area contributed by atoms with Gasteiger partial charge in [0.2, 0.25) is 11.8 Å². The summed E-state index contributed by atoms with van der Waals surface area (Å²) in [5, 5.41) is 2.53. The molecule has 3 N–H and O–H groups in total. The van der Waals surface area contributed by atoms with Crippen LogP contribution in [-0.2, 0) is 9.59 Å². The van der Waals surface area contributed by atoms with E-state index in [1.807, 2.05) is 13.8 Å². The van der Waals surface area contributed by atoms with Gasteiger partial charge in [0.15, 0.2) is 0 Å². The smallest absolute Gasteiger partial charge is 0.236 e. The monoisotopic (exact) mass is 200 g/mol. The van der Waals surface area contributed by atoms with Crippen molar-refractivity contribution < 1.29 is 9.59 Å². The minimum Gasteiger partial charge on any atom is -0.368 e. The van der Waals surface area contributed by atoms with Gasteiger partial charge in [0.1, 0.15) is 0 Å². The third-order valence-electron chi connectivity index (χ3n) is 2.54. The van der Waals surface area contributed by atoms with Crippen molar-refractivity contribution in [1.82, 2.24) is 5.32 Å². The summed E-state index contributed by atoms with van der Waals surface area (Å²) in [6.07, 6.45) is 1.75. The predicted molar refractivity (Wildman–Crippen MR) is 55.4 cm³/mol. The lowest BCUT2D eigenvalue weighted by Crippen LogP contribution is -2.39. The molecule has 4 nitrogen and oxygen atoms in total. The van der Waals surface area contributed by atoms with Crippen LogP contribution in [-0.4, -0.2) is 18.4 Å². The van der Waals surface area contributed by atoms with Crippen LogP contribution in [0.2, 0.25) is 0 Å². The third-order valence-corrected chi connectivity index (χ3v) is 2.54. The number of carbonyl (C=O) groups is 2. The SMILES string of the molecule is CCC(C)C(CC)C(=O)NCC(N)=O. The average Bonchev–Trinajstić information content (AvgIpc) is 2.15. The summed E-state index contributed by atoms with van der Waals surface area (Å²) in [5.74, 6) is -0.245. The van der Waals surface area contributed by atoms with Crippen molar-refractivity contribution in [2.24, 2.45) is 17.6 Å². The van der Waals surface area contributed by atoms with E-state index in [0.29, 0.717) is 5.92 Å². The zero-order valence-electron chi connectivity index (χ0n) is 9.17. The summed E-state index contributed by atoms with van der Waals surface area (Å²) in [4.78, 5) is 22.0. The molecule has 0 aliphatic rings. The van der Waals surface area contributed by atoms with Gasteiger partial charge >= 0.3 is 0 Å². The van der Waals surface area contributed by atoms with Crippen molar-refractivity contribution in [1.29, 1.82) is 0 Å². The van der Waals surface area contributed by atoms with Crippen molar-refractivity contribution in [2.75, 3.05) is 6.54 Å². The second-order valence-corrected chi connectivity index (χ2v) is 3.58. The maximum absolute atomic E-state index is 11.6. The van der Waals surface area contributed by atoms with Gasteiger partial charge in [-0.25, -0.2) is 0 Å². The normalized spacial score (nSPS) is 14.5. The minimum atomic E-state index is -0.502. The molecule has 82 valence electrons. The highest BCUT2D eigenvalue weighted by Crippen LogP contribution is 2.18. The molecule has 0 heterocycles. The van der Waals surface area contributed by atoms with E-state index in [1.165, 1.54) is 0 Å². The van der Waals surface area contributed by atoms with E-state index < -0.39 is 5.91 Å². The van der Waals surface area contributed by atoms with Crippen LogP contribution in [0.15, 0.2) is 0 Å². The lowest BCUT2D eigenvalue weighted by molar-refractivity contribution is -0.129. The highest BCUT2D eigenvalue weighted by molar-refractivity contribution is 5.85. The maximum Gasteiger partial charge on any atom is 0.236 e. The van der Waals surface area contributed by atoms with Crippen molar-refractivity contribution in [3.63, 3.8) is 0 Å². The Hall–Kier alpha value is -1.06. The molecule has 0 radical (unpaired) electrons. The Kier molecular flexibility index (Phi) is 5.92. The number of hydrogen-bond donors (Lipinski definition) is 2. The van der Waals surface area contributed by atoms with Crippen molar-refractivity contribution in [3.05, 3.63) is 0 Å². The molecule has 0 rings (SSSR count). The molecule has 14 heavy (non-hydrogen) atoms. The Morgan fingerprint density at radius 1 is 1.29 bits per heavy atom. The van der Waals surface area contributed by atoms with Gasteiger partial charge in [-0.2, -0.15) is 0 Å². The Morgan fingerprint density at radius 2 is 1.86 bits per heavy atom. The number of carbonyl (C=O) groups excluding carboxylic acids is 2. The molecule has 0 saturated heterocycles. The molecule has 0 aromatic carbocycles. The molecule has 0 bridgehead atoms. The first-order chi connectivity index (χ1) is 6.52. The van der Waals surface area contributed by atoms with Gasteiger partial charge in [0, 0.05) is 5.92 Å². The van der Waals surface area contributed by atoms with Crippen LogP contribution in [0.5, 0.6) is 0 Å². The first-order valence-electron chi connectivity index (χ1n) is 5.08. The van der Waals surface area contributed by atoms with Crippen molar-refractivity contribution in [3.8, 4) is 0 Å². The fraction of sp³-hybridized carbons (Fsp3) is 0.800. The van der Waals surface area contributed by atoms with Gasteiger partial charge in [0.05, 0.1) is 6.54 Å². The van der Waals surface area contributed by atoms with E-state index in [4.69, 9.17) is 5.73 Å². The molecule has 0 aromatic heterocycles. The number of rotatable bonds is 6. The number of amides is 2. The lowest BCUT2D eigenvalue weighted by Gasteiger charge is -2.20. The number of nitrogens with one attached hydrogen (secondary N) is 1. The fourth-order valence-corrected chi connectivity index (χ4v) is 1.44. The van der Waals surface area contributed by atoms with Crippen molar-refractivity contribution in [2.45, 2.75) is 33.6 Å². The Labute approximate surface area is 85.2 Å². The van der Waals surface area contributed by atoms with Gasteiger partial charge in [-0.05, 0) is 12.3 Å². The molecular formula is C10H20N2O2. The third kappa shape index (κ3) is 4.25. The van der Waals surface area contributed by atoms with Gasteiger partial charge in [-0.3, -0.25) is 9.59 Å². The topological polar surface area (TPSA) is 72.2 Å². The number of primary amides is 1. The molecule has 0 aliphatic carbocycles. The summed E-state index contributed by atoms with van der Waals surface area (Å²) in [6, 6.07) is 0. The standard InChI is InChI=1S/C10H20N2O2/c1-4-7(3)8(5-2)10(14)12-6-9(11)13/h7-8H,4-6H2,1-3H3,(H2,11,13)(H,12,14). The molecule has 0 aliphatic heterocycles. The van der Waals surface area contributed by atoms with Gasteiger partial charge in [-0.15, -0.1) is 0 Å². The van der Waals surface area contributed by atoms with E-state index >= 15 is 0 Å². The predicted octanol–water partition coefficient (Wildman–Crippen LogP) is 0.660. The molecule has 0 spiro atoms. The van der Waals surface area contributed by atoms with Gasteiger partial charge in [-0.1, -0.05) is 27.2 Å². The van der Waals surface area contributed by atoms with Crippen LogP contribution in [0, 0.1) is 11.8 Å². The minimum absolute atomic E-state index is 0.0145. The van der Waals surface area contributed by atoms with Gasteiger partial charge in [0.25, 0.3) is 0 Å². The van der Waals surface area contributed by atoms with Crippen LogP contribution in [0.4, 0.5) is 0 Å². The van der Waals surface area contributed by atoms with E-state index in [1.54, 1.807) is 0 Å². The molecule has 4 heteroatoms. The Balaban J connectivity index is 4.10. The van der Waals surface area contributed by atoms with Crippen LogP contribution in [0.1, 0.15) is 33.6 Å². The summed E-state index contributed by atoms with van der Waals surface area (Å²) in [6.45, 7) is 6.00. The zero-order chi connectivity index (χ0) is 11.1. The molecular weight excluding hydrogens is 180 g/mol. The first kappa shape index (κ1) is 12.9. The zero-order valence-corrected chi connectivity index (χ0v) is 9.17. The number of nitrogens with two attached hydrogens (primary N) is 1. The van der Waals surface area contributed by atoms with Crippen LogP contribution >= 0.6 is 0 Å². The second kappa shape index (κ2) is 6.40. The number of hydrogen-bond acceptors (Lipinski definition) is 2. The summed E-state index contributed by atoms with van der Waals surface area (Å²) in [5.41, 5.74) is 4.94. The lowest BCUT2D eigenvalue weighted by atomic mass is 9.89. The molecule has 2 unspecified atom stereocenters.